The van der Waals surface area contributed by atoms with E-state index in [1.807, 2.05) is 7.05 Å². The normalized spacial score (nSPS) is 19.4. The number of esters is 1. The first kappa shape index (κ1) is 16.4. The summed E-state index contributed by atoms with van der Waals surface area (Å²) in [5.41, 5.74) is -0.0359. The van der Waals surface area contributed by atoms with Gasteiger partial charge in [-0.3, -0.25) is 0 Å². The average Bonchev–Trinajstić information content (AvgIpc) is 2.97. The van der Waals surface area contributed by atoms with E-state index in [-0.39, 0.29) is 15.3 Å². The number of hydrogen-bond donors (Lipinski definition) is 1. The van der Waals surface area contributed by atoms with Gasteiger partial charge in [0.1, 0.15) is 9.77 Å². The molecule has 1 N–H and O–H groups in total. The fraction of sp³-hybridized carbons (Fsp3) is 0.615. The molecule has 0 spiro atoms. The molecule has 0 saturated carbocycles. The predicted molar refractivity (Wildman–Crippen MR) is 81.1 cm³/mol. The summed E-state index contributed by atoms with van der Waals surface area (Å²) in [4.78, 5) is 11.9. The lowest BCUT2D eigenvalue weighted by atomic mass is 9.91. The Balaban J connectivity index is 2.24. The molecule has 1 aromatic rings. The third-order valence-electron chi connectivity index (χ3n) is 4.05. The lowest BCUT2D eigenvalue weighted by Gasteiger charge is -2.38. The Bertz CT molecular complexity index is 616. The topological polar surface area (TPSA) is 75.7 Å². The van der Waals surface area contributed by atoms with E-state index >= 15 is 0 Å². The van der Waals surface area contributed by atoms with Gasteiger partial charge in [-0.1, -0.05) is 0 Å². The van der Waals surface area contributed by atoms with E-state index in [0.717, 1.165) is 24.2 Å². The molecule has 2 rings (SSSR count). The zero-order valence-corrected chi connectivity index (χ0v) is 14.0. The minimum atomic E-state index is -3.65. The Labute approximate surface area is 129 Å². The number of hydrogen-bond acceptors (Lipinski definition) is 6. The molecule has 0 bridgehead atoms. The molecule has 2 heterocycles. The van der Waals surface area contributed by atoms with Crippen LogP contribution < -0.4 is 5.32 Å². The number of piperidine rings is 1. The first-order chi connectivity index (χ1) is 9.84. The molecule has 1 saturated heterocycles. The summed E-state index contributed by atoms with van der Waals surface area (Å²) in [7, 11) is -0.513. The van der Waals surface area contributed by atoms with Gasteiger partial charge in [0.05, 0.1) is 7.11 Å². The molecule has 6 nitrogen and oxygen atoms in total. The van der Waals surface area contributed by atoms with Crippen molar-refractivity contribution in [3.05, 3.63) is 16.3 Å². The van der Waals surface area contributed by atoms with Crippen molar-refractivity contribution in [2.75, 3.05) is 27.2 Å². The van der Waals surface area contributed by atoms with Crippen molar-refractivity contribution in [1.82, 2.24) is 9.62 Å². The summed E-state index contributed by atoms with van der Waals surface area (Å²) >= 11 is 1.08. The SMILES string of the molecule is CNC1(C)CCN(S(=O)(=O)c2ccsc2C(=O)OC)CC1. The van der Waals surface area contributed by atoms with Crippen molar-refractivity contribution in [3.8, 4) is 0 Å². The minimum Gasteiger partial charge on any atom is -0.465 e. The van der Waals surface area contributed by atoms with Gasteiger partial charge in [-0.05, 0) is 38.3 Å². The first-order valence-corrected chi connectivity index (χ1v) is 9.01. The number of nitrogens with one attached hydrogen (secondary N) is 1. The van der Waals surface area contributed by atoms with E-state index in [4.69, 9.17) is 0 Å². The Kier molecular flexibility index (Phi) is 4.72. The van der Waals surface area contributed by atoms with E-state index in [0.29, 0.717) is 13.1 Å². The van der Waals surface area contributed by atoms with Crippen LogP contribution >= 0.6 is 11.3 Å². The minimum absolute atomic E-state index is 0.0359. The van der Waals surface area contributed by atoms with Gasteiger partial charge in [-0.15, -0.1) is 11.3 Å². The molecule has 0 aliphatic carbocycles. The summed E-state index contributed by atoms with van der Waals surface area (Å²) in [6.07, 6.45) is 1.47. The summed E-state index contributed by atoms with van der Waals surface area (Å²) in [6, 6.07) is 1.47. The van der Waals surface area contributed by atoms with Crippen LogP contribution in [-0.4, -0.2) is 51.5 Å². The number of sulfonamides is 1. The van der Waals surface area contributed by atoms with Crippen molar-refractivity contribution in [2.24, 2.45) is 0 Å². The molecule has 118 valence electrons. The smallest absolute Gasteiger partial charge is 0.349 e. The summed E-state index contributed by atoms with van der Waals surface area (Å²) < 4.78 is 31.5. The summed E-state index contributed by atoms with van der Waals surface area (Å²) in [6.45, 7) is 2.97. The fourth-order valence-electron chi connectivity index (χ4n) is 2.35. The number of carbonyl (C=O) groups excluding carboxylic acids is 1. The van der Waals surface area contributed by atoms with Gasteiger partial charge >= 0.3 is 5.97 Å². The third-order valence-corrected chi connectivity index (χ3v) is 7.01. The van der Waals surface area contributed by atoms with E-state index in [2.05, 4.69) is 17.0 Å². The third kappa shape index (κ3) is 3.13. The highest BCUT2D eigenvalue weighted by molar-refractivity contribution is 7.89. The van der Waals surface area contributed by atoms with Gasteiger partial charge in [0.2, 0.25) is 10.0 Å². The van der Waals surface area contributed by atoms with Crippen LogP contribution in [0.25, 0.3) is 0 Å². The van der Waals surface area contributed by atoms with Gasteiger partial charge in [0, 0.05) is 18.6 Å². The molecular weight excluding hydrogens is 312 g/mol. The Morgan fingerprint density at radius 2 is 2.05 bits per heavy atom. The monoisotopic (exact) mass is 332 g/mol. The molecule has 1 aliphatic heterocycles. The zero-order valence-electron chi connectivity index (χ0n) is 12.4. The van der Waals surface area contributed by atoms with Crippen LogP contribution in [0.2, 0.25) is 0 Å². The van der Waals surface area contributed by atoms with Gasteiger partial charge in [-0.2, -0.15) is 4.31 Å². The second-order valence-corrected chi connectivity index (χ2v) is 8.14. The molecular formula is C13H20N2O4S2. The maximum atomic E-state index is 12.7. The molecule has 0 amide bonds. The lowest BCUT2D eigenvalue weighted by molar-refractivity contribution is 0.0602. The number of rotatable bonds is 4. The number of methoxy groups -OCH3 is 1. The lowest BCUT2D eigenvalue weighted by Crippen LogP contribution is -2.51. The van der Waals surface area contributed by atoms with Crippen molar-refractivity contribution in [1.29, 1.82) is 0 Å². The van der Waals surface area contributed by atoms with Crippen molar-refractivity contribution in [2.45, 2.75) is 30.2 Å². The van der Waals surface area contributed by atoms with Crippen molar-refractivity contribution in [3.63, 3.8) is 0 Å². The van der Waals surface area contributed by atoms with Gasteiger partial charge in [0.15, 0.2) is 0 Å². The van der Waals surface area contributed by atoms with E-state index < -0.39 is 16.0 Å². The number of nitrogens with zero attached hydrogens (tertiary/aromatic N) is 1. The molecule has 1 aliphatic rings. The van der Waals surface area contributed by atoms with Crippen LogP contribution in [0.5, 0.6) is 0 Å². The Morgan fingerprint density at radius 3 is 2.57 bits per heavy atom. The molecule has 0 unspecified atom stereocenters. The predicted octanol–water partition coefficient (Wildman–Crippen LogP) is 1.30. The maximum Gasteiger partial charge on any atom is 0.349 e. The molecule has 8 heteroatoms. The first-order valence-electron chi connectivity index (χ1n) is 6.69. The van der Waals surface area contributed by atoms with E-state index in [1.54, 1.807) is 5.38 Å². The van der Waals surface area contributed by atoms with Gasteiger partial charge < -0.3 is 10.1 Å². The molecule has 21 heavy (non-hydrogen) atoms. The molecule has 1 aromatic heterocycles. The molecule has 0 atom stereocenters. The Morgan fingerprint density at radius 1 is 1.43 bits per heavy atom. The summed E-state index contributed by atoms with van der Waals surface area (Å²) in [5, 5.41) is 4.83. The van der Waals surface area contributed by atoms with E-state index in [9.17, 15) is 13.2 Å². The van der Waals surface area contributed by atoms with Crippen LogP contribution in [0.1, 0.15) is 29.4 Å². The highest BCUT2D eigenvalue weighted by Gasteiger charge is 2.36. The number of thiophene rings is 1. The number of carbonyl (C=O) groups is 1. The maximum absolute atomic E-state index is 12.7. The zero-order chi connectivity index (χ0) is 15.7. The molecule has 1 fully saturated rings. The van der Waals surface area contributed by atoms with Crippen LogP contribution in [-0.2, 0) is 14.8 Å². The quantitative estimate of drug-likeness (QED) is 0.841. The second kappa shape index (κ2) is 6.04. The van der Waals surface area contributed by atoms with Crippen LogP contribution in [0.3, 0.4) is 0 Å². The van der Waals surface area contributed by atoms with Crippen LogP contribution in [0, 0.1) is 0 Å². The van der Waals surface area contributed by atoms with Gasteiger partial charge in [0.25, 0.3) is 0 Å². The van der Waals surface area contributed by atoms with Crippen molar-refractivity contribution >= 4 is 27.3 Å². The van der Waals surface area contributed by atoms with Crippen molar-refractivity contribution < 1.29 is 17.9 Å². The average molecular weight is 332 g/mol. The van der Waals surface area contributed by atoms with Crippen LogP contribution in [0.4, 0.5) is 0 Å². The highest BCUT2D eigenvalue weighted by Crippen LogP contribution is 2.30. The standard InChI is InChI=1S/C13H20N2O4S2/c1-13(14-2)5-7-15(8-6-13)21(17,18)10-4-9-20-11(10)12(16)19-3/h4,9,14H,5-8H2,1-3H3. The number of ether oxygens (including phenoxy) is 1. The largest absolute Gasteiger partial charge is 0.465 e. The summed E-state index contributed by atoms with van der Waals surface area (Å²) in [5.74, 6) is -0.611. The second-order valence-electron chi connectivity index (χ2n) is 5.32. The van der Waals surface area contributed by atoms with E-state index in [1.165, 1.54) is 17.5 Å². The highest BCUT2D eigenvalue weighted by atomic mass is 32.2. The van der Waals surface area contributed by atoms with Crippen LogP contribution in [0.15, 0.2) is 16.3 Å². The molecule has 0 radical (unpaired) electrons. The fourth-order valence-corrected chi connectivity index (χ4v) is 5.10. The van der Waals surface area contributed by atoms with Gasteiger partial charge in [-0.25, -0.2) is 13.2 Å². The molecule has 0 aromatic carbocycles. The Hall–Kier alpha value is -0.960.